The van der Waals surface area contributed by atoms with E-state index in [0.717, 1.165) is 19.4 Å². The minimum atomic E-state index is -0.390. The number of anilines is 2. The number of nitrogen functional groups attached to an aromatic ring is 1. The fourth-order valence-electron chi connectivity index (χ4n) is 2.52. The highest BCUT2D eigenvalue weighted by molar-refractivity contribution is 5.76. The standard InChI is InChI=1S/C12H17N3O2/c1-12(2)7-4-8-14(12)10-6-3-5-9(13)11(10)15(16)17/h3,5-6H,4,7-8,13H2,1-2H3. The Hall–Kier alpha value is -1.78. The molecule has 1 saturated heterocycles. The first-order valence-corrected chi connectivity index (χ1v) is 5.74. The number of rotatable bonds is 2. The maximum atomic E-state index is 11.1. The molecule has 1 aliphatic heterocycles. The van der Waals surface area contributed by atoms with Crippen molar-refractivity contribution >= 4 is 17.1 Å². The van der Waals surface area contributed by atoms with Crippen LogP contribution >= 0.6 is 0 Å². The Labute approximate surface area is 100 Å². The van der Waals surface area contributed by atoms with Crippen LogP contribution in [0.4, 0.5) is 17.1 Å². The lowest BCUT2D eigenvalue weighted by Crippen LogP contribution is -2.38. The fraction of sp³-hybridized carbons (Fsp3) is 0.500. The van der Waals surface area contributed by atoms with E-state index < -0.39 is 0 Å². The smallest absolute Gasteiger partial charge is 0.315 e. The minimum absolute atomic E-state index is 0.0301. The highest BCUT2D eigenvalue weighted by Crippen LogP contribution is 2.40. The quantitative estimate of drug-likeness (QED) is 0.485. The van der Waals surface area contributed by atoms with E-state index in [2.05, 4.69) is 18.7 Å². The van der Waals surface area contributed by atoms with Crippen molar-refractivity contribution in [3.05, 3.63) is 28.3 Å². The van der Waals surface area contributed by atoms with Crippen molar-refractivity contribution in [2.24, 2.45) is 0 Å². The van der Waals surface area contributed by atoms with Crippen LogP contribution in [0.2, 0.25) is 0 Å². The van der Waals surface area contributed by atoms with Crippen molar-refractivity contribution < 1.29 is 4.92 Å². The van der Waals surface area contributed by atoms with Crippen molar-refractivity contribution in [2.75, 3.05) is 17.2 Å². The first-order valence-electron chi connectivity index (χ1n) is 5.74. The highest BCUT2D eigenvalue weighted by atomic mass is 16.6. The number of nitrogens with zero attached hydrogens (tertiary/aromatic N) is 2. The molecular weight excluding hydrogens is 218 g/mol. The van der Waals surface area contributed by atoms with Gasteiger partial charge in [-0.3, -0.25) is 10.1 Å². The predicted octanol–water partition coefficient (Wildman–Crippen LogP) is 2.56. The first-order chi connectivity index (χ1) is 7.93. The molecule has 1 heterocycles. The number of nitrogens with two attached hydrogens (primary N) is 1. The zero-order valence-corrected chi connectivity index (χ0v) is 10.1. The molecule has 0 atom stereocenters. The van der Waals surface area contributed by atoms with Crippen LogP contribution < -0.4 is 10.6 Å². The third kappa shape index (κ3) is 1.92. The van der Waals surface area contributed by atoms with Gasteiger partial charge in [0.15, 0.2) is 0 Å². The van der Waals surface area contributed by atoms with Crippen molar-refractivity contribution in [3.63, 3.8) is 0 Å². The van der Waals surface area contributed by atoms with E-state index in [9.17, 15) is 10.1 Å². The van der Waals surface area contributed by atoms with Gasteiger partial charge in [-0.15, -0.1) is 0 Å². The van der Waals surface area contributed by atoms with Crippen LogP contribution in [-0.4, -0.2) is 17.0 Å². The molecule has 2 rings (SSSR count). The highest BCUT2D eigenvalue weighted by Gasteiger charge is 2.36. The van der Waals surface area contributed by atoms with Crippen molar-refractivity contribution in [1.29, 1.82) is 0 Å². The Morgan fingerprint density at radius 1 is 1.47 bits per heavy atom. The third-order valence-corrected chi connectivity index (χ3v) is 3.42. The summed E-state index contributed by atoms with van der Waals surface area (Å²) in [6.45, 7) is 5.05. The van der Waals surface area contributed by atoms with E-state index in [1.807, 2.05) is 0 Å². The van der Waals surface area contributed by atoms with Gasteiger partial charge in [0.1, 0.15) is 11.4 Å². The van der Waals surface area contributed by atoms with E-state index in [1.165, 1.54) is 0 Å². The van der Waals surface area contributed by atoms with E-state index in [0.29, 0.717) is 5.69 Å². The molecule has 17 heavy (non-hydrogen) atoms. The van der Waals surface area contributed by atoms with Crippen molar-refractivity contribution in [2.45, 2.75) is 32.2 Å². The summed E-state index contributed by atoms with van der Waals surface area (Å²) in [6.07, 6.45) is 2.10. The molecule has 1 aliphatic rings. The summed E-state index contributed by atoms with van der Waals surface area (Å²) >= 11 is 0. The number of hydrogen-bond acceptors (Lipinski definition) is 4. The molecule has 1 aromatic carbocycles. The summed E-state index contributed by atoms with van der Waals surface area (Å²) in [5, 5.41) is 11.1. The molecule has 1 fully saturated rings. The number of benzene rings is 1. The van der Waals surface area contributed by atoms with Gasteiger partial charge in [0.25, 0.3) is 0 Å². The Bertz CT molecular complexity index is 457. The van der Waals surface area contributed by atoms with Gasteiger partial charge in [-0.2, -0.15) is 0 Å². The summed E-state index contributed by atoms with van der Waals surface area (Å²) in [6, 6.07) is 5.12. The van der Waals surface area contributed by atoms with Gasteiger partial charge in [0.05, 0.1) is 4.92 Å². The number of hydrogen-bond donors (Lipinski definition) is 1. The van der Waals surface area contributed by atoms with E-state index >= 15 is 0 Å². The van der Waals surface area contributed by atoms with Gasteiger partial charge in [-0.1, -0.05) is 6.07 Å². The zero-order chi connectivity index (χ0) is 12.6. The SMILES string of the molecule is CC1(C)CCCN1c1cccc(N)c1[N+](=O)[O-]. The van der Waals surface area contributed by atoms with Crippen molar-refractivity contribution in [1.82, 2.24) is 0 Å². The molecule has 0 radical (unpaired) electrons. The molecule has 92 valence electrons. The van der Waals surface area contributed by atoms with Gasteiger partial charge in [0, 0.05) is 12.1 Å². The first kappa shape index (κ1) is 11.7. The monoisotopic (exact) mass is 235 g/mol. The predicted molar refractivity (Wildman–Crippen MR) is 68.2 cm³/mol. The maximum Gasteiger partial charge on any atom is 0.315 e. The number of nitro groups is 1. The lowest BCUT2D eigenvalue weighted by molar-refractivity contribution is -0.383. The Morgan fingerprint density at radius 2 is 2.18 bits per heavy atom. The second kappa shape index (κ2) is 3.91. The third-order valence-electron chi connectivity index (χ3n) is 3.42. The van der Waals surface area contributed by atoms with Gasteiger partial charge < -0.3 is 10.6 Å². The lowest BCUT2D eigenvalue weighted by Gasteiger charge is -2.33. The second-order valence-electron chi connectivity index (χ2n) is 5.04. The Morgan fingerprint density at radius 3 is 2.71 bits per heavy atom. The number of para-hydroxylation sites is 1. The van der Waals surface area contributed by atoms with E-state index in [-0.39, 0.29) is 21.8 Å². The van der Waals surface area contributed by atoms with Crippen LogP contribution in [0.15, 0.2) is 18.2 Å². The summed E-state index contributed by atoms with van der Waals surface area (Å²) in [5.41, 5.74) is 6.57. The molecule has 5 nitrogen and oxygen atoms in total. The van der Waals surface area contributed by atoms with E-state index in [4.69, 9.17) is 5.73 Å². The summed E-state index contributed by atoms with van der Waals surface area (Å²) in [7, 11) is 0. The lowest BCUT2D eigenvalue weighted by atomic mass is 10.0. The topological polar surface area (TPSA) is 72.4 Å². The number of nitro benzene ring substituents is 1. The molecule has 0 saturated carbocycles. The molecule has 0 amide bonds. The molecule has 1 aromatic rings. The summed E-state index contributed by atoms with van der Waals surface area (Å²) < 4.78 is 0. The minimum Gasteiger partial charge on any atom is -0.393 e. The second-order valence-corrected chi connectivity index (χ2v) is 5.04. The largest absolute Gasteiger partial charge is 0.393 e. The van der Waals surface area contributed by atoms with Crippen LogP contribution in [0.1, 0.15) is 26.7 Å². The Balaban J connectivity index is 2.52. The molecule has 2 N–H and O–H groups in total. The summed E-state index contributed by atoms with van der Waals surface area (Å²) in [4.78, 5) is 12.8. The molecule has 0 spiro atoms. The van der Waals surface area contributed by atoms with Gasteiger partial charge in [0.2, 0.25) is 0 Å². The van der Waals surface area contributed by atoms with Crippen LogP contribution in [-0.2, 0) is 0 Å². The molecule has 0 bridgehead atoms. The van der Waals surface area contributed by atoms with Gasteiger partial charge in [-0.25, -0.2) is 0 Å². The van der Waals surface area contributed by atoms with Gasteiger partial charge in [-0.05, 0) is 38.8 Å². The molecule has 0 aromatic heterocycles. The fourth-order valence-corrected chi connectivity index (χ4v) is 2.52. The molecule has 0 unspecified atom stereocenters. The summed E-state index contributed by atoms with van der Waals surface area (Å²) in [5.74, 6) is 0. The molecule has 5 heteroatoms. The van der Waals surface area contributed by atoms with Crippen molar-refractivity contribution in [3.8, 4) is 0 Å². The normalized spacial score (nSPS) is 18.4. The van der Waals surface area contributed by atoms with Crippen LogP contribution in [0.3, 0.4) is 0 Å². The van der Waals surface area contributed by atoms with Gasteiger partial charge >= 0.3 is 5.69 Å². The van der Waals surface area contributed by atoms with Crippen LogP contribution in [0, 0.1) is 10.1 Å². The maximum absolute atomic E-state index is 11.1. The molecule has 0 aliphatic carbocycles. The molecular formula is C12H17N3O2. The zero-order valence-electron chi connectivity index (χ0n) is 10.1. The average Bonchev–Trinajstić information content (AvgIpc) is 2.57. The van der Waals surface area contributed by atoms with Crippen LogP contribution in [0.25, 0.3) is 0 Å². The van der Waals surface area contributed by atoms with Crippen LogP contribution in [0.5, 0.6) is 0 Å². The average molecular weight is 235 g/mol. The Kier molecular flexibility index (Phi) is 2.69. The van der Waals surface area contributed by atoms with E-state index in [1.54, 1.807) is 18.2 Å².